The molecule has 0 aliphatic carbocycles. The smallest absolute Gasteiger partial charge is 0.306 e. The maximum Gasteiger partial charge on any atom is 0.306 e. The average molecular weight is 152 g/mol. The molecule has 0 fully saturated rings. The summed E-state index contributed by atoms with van der Waals surface area (Å²) in [4.78, 5) is 10.1. The first-order chi connectivity index (χ1) is 4.57. The van der Waals surface area contributed by atoms with Gasteiger partial charge in [-0.2, -0.15) is 0 Å². The van der Waals surface area contributed by atoms with Crippen molar-refractivity contribution >= 4 is 5.97 Å². The number of carboxylic acid groups (broad SMARTS) is 1. The number of rotatable bonds is 4. The van der Waals surface area contributed by atoms with Crippen LogP contribution in [0.1, 0.15) is 19.8 Å². The summed E-state index contributed by atoms with van der Waals surface area (Å²) in [5.74, 6) is -2.03. The van der Waals surface area contributed by atoms with Crippen molar-refractivity contribution in [2.45, 2.75) is 26.2 Å². The Morgan fingerprint density at radius 2 is 2.10 bits per heavy atom. The van der Waals surface area contributed by atoms with E-state index in [2.05, 4.69) is 0 Å². The van der Waals surface area contributed by atoms with Crippen LogP contribution in [0.25, 0.3) is 0 Å². The predicted molar refractivity (Wildman–Crippen MR) is 32.0 cm³/mol. The largest absolute Gasteiger partial charge is 0.481 e. The number of hydrogen-bond acceptors (Lipinski definition) is 1. The first kappa shape index (κ1) is 9.33. The number of halogens is 2. The second kappa shape index (κ2) is 4.19. The maximum atomic E-state index is 11.6. The van der Waals surface area contributed by atoms with Crippen molar-refractivity contribution < 1.29 is 18.7 Å². The van der Waals surface area contributed by atoms with Crippen LogP contribution < -0.4 is 0 Å². The van der Waals surface area contributed by atoms with E-state index >= 15 is 0 Å². The second-order valence-corrected chi connectivity index (χ2v) is 2.07. The zero-order valence-corrected chi connectivity index (χ0v) is 5.68. The van der Waals surface area contributed by atoms with Crippen molar-refractivity contribution in [3.8, 4) is 0 Å². The van der Waals surface area contributed by atoms with E-state index in [1.54, 1.807) is 6.92 Å². The summed E-state index contributed by atoms with van der Waals surface area (Å²) < 4.78 is 23.1. The lowest BCUT2D eigenvalue weighted by Gasteiger charge is -2.06. The fourth-order valence-corrected chi connectivity index (χ4v) is 0.657. The van der Waals surface area contributed by atoms with Gasteiger partial charge in [-0.15, -0.1) is 0 Å². The maximum absolute atomic E-state index is 11.6. The standard InChI is InChI=1S/C6H10F2O2/c1-2-4(6(9)10)3-5(7)8/h4-5H,2-3H2,1H3,(H,9,10)/t4-/m0/s1. The fraction of sp³-hybridized carbons (Fsp3) is 0.833. The summed E-state index contributed by atoms with van der Waals surface area (Å²) >= 11 is 0. The average Bonchev–Trinajstić information content (AvgIpc) is 1.81. The van der Waals surface area contributed by atoms with Gasteiger partial charge in [-0.3, -0.25) is 4.79 Å². The molecule has 10 heavy (non-hydrogen) atoms. The summed E-state index contributed by atoms with van der Waals surface area (Å²) in [5, 5.41) is 8.29. The van der Waals surface area contributed by atoms with Crippen LogP contribution in [0.4, 0.5) is 8.78 Å². The molecule has 2 nitrogen and oxygen atoms in total. The van der Waals surface area contributed by atoms with Crippen LogP contribution >= 0.6 is 0 Å². The zero-order chi connectivity index (χ0) is 8.15. The molecular weight excluding hydrogens is 142 g/mol. The minimum atomic E-state index is -2.51. The van der Waals surface area contributed by atoms with Crippen LogP contribution in [0.15, 0.2) is 0 Å². The monoisotopic (exact) mass is 152 g/mol. The highest BCUT2D eigenvalue weighted by Gasteiger charge is 2.19. The van der Waals surface area contributed by atoms with Gasteiger partial charge in [0.25, 0.3) is 0 Å². The van der Waals surface area contributed by atoms with Gasteiger partial charge >= 0.3 is 5.97 Å². The Bertz CT molecular complexity index is 114. The van der Waals surface area contributed by atoms with Gasteiger partial charge in [-0.1, -0.05) is 6.92 Å². The fourth-order valence-electron chi connectivity index (χ4n) is 0.657. The van der Waals surface area contributed by atoms with Crippen LogP contribution in [0.2, 0.25) is 0 Å². The van der Waals surface area contributed by atoms with E-state index < -0.39 is 24.7 Å². The lowest BCUT2D eigenvalue weighted by molar-refractivity contribution is -0.143. The van der Waals surface area contributed by atoms with Crippen molar-refractivity contribution in [2.24, 2.45) is 5.92 Å². The van der Waals surface area contributed by atoms with E-state index in [0.717, 1.165) is 0 Å². The summed E-state index contributed by atoms with van der Waals surface area (Å²) in [6, 6.07) is 0. The molecule has 1 atom stereocenters. The van der Waals surface area contributed by atoms with Gasteiger partial charge in [0.15, 0.2) is 0 Å². The molecule has 0 saturated heterocycles. The molecule has 0 bridgehead atoms. The molecule has 60 valence electrons. The summed E-state index contributed by atoms with van der Waals surface area (Å²) in [6.45, 7) is 1.58. The molecule has 0 spiro atoms. The highest BCUT2D eigenvalue weighted by atomic mass is 19.3. The van der Waals surface area contributed by atoms with Crippen molar-refractivity contribution in [1.82, 2.24) is 0 Å². The number of alkyl halides is 2. The Kier molecular flexibility index (Phi) is 3.91. The quantitative estimate of drug-likeness (QED) is 0.666. The SMILES string of the molecule is CC[C@@H](CC(F)F)C(=O)O. The number of carboxylic acids is 1. The lowest BCUT2D eigenvalue weighted by Crippen LogP contribution is -2.15. The molecular formula is C6H10F2O2. The Morgan fingerprint density at radius 1 is 1.60 bits per heavy atom. The van der Waals surface area contributed by atoms with E-state index in [1.807, 2.05) is 0 Å². The molecule has 1 N–H and O–H groups in total. The molecule has 0 rings (SSSR count). The summed E-state index contributed by atoms with van der Waals surface area (Å²) in [7, 11) is 0. The molecule has 0 aliphatic heterocycles. The molecule has 0 aromatic carbocycles. The Labute approximate surface area is 57.9 Å². The molecule has 0 radical (unpaired) electrons. The van der Waals surface area contributed by atoms with E-state index in [4.69, 9.17) is 5.11 Å². The highest BCUT2D eigenvalue weighted by molar-refractivity contribution is 5.69. The van der Waals surface area contributed by atoms with Gasteiger partial charge in [0.1, 0.15) is 0 Å². The van der Waals surface area contributed by atoms with Crippen LogP contribution in [0.5, 0.6) is 0 Å². The van der Waals surface area contributed by atoms with Gasteiger partial charge < -0.3 is 5.11 Å². The highest BCUT2D eigenvalue weighted by Crippen LogP contribution is 2.13. The molecule has 0 aliphatic rings. The number of hydrogen-bond donors (Lipinski definition) is 1. The molecule has 0 amide bonds. The van der Waals surface area contributed by atoms with Crippen LogP contribution in [0, 0.1) is 5.92 Å². The van der Waals surface area contributed by atoms with E-state index in [-0.39, 0.29) is 6.42 Å². The second-order valence-electron chi connectivity index (χ2n) is 2.07. The van der Waals surface area contributed by atoms with Gasteiger partial charge in [-0.05, 0) is 6.42 Å². The topological polar surface area (TPSA) is 37.3 Å². The number of aliphatic carboxylic acids is 1. The van der Waals surface area contributed by atoms with E-state index in [0.29, 0.717) is 0 Å². The van der Waals surface area contributed by atoms with Gasteiger partial charge in [0.2, 0.25) is 6.43 Å². The van der Waals surface area contributed by atoms with Crippen LogP contribution in [0.3, 0.4) is 0 Å². The molecule has 0 unspecified atom stereocenters. The van der Waals surface area contributed by atoms with Crippen molar-refractivity contribution in [3.63, 3.8) is 0 Å². The molecule has 0 aromatic heterocycles. The predicted octanol–water partition coefficient (Wildman–Crippen LogP) is 1.75. The zero-order valence-electron chi connectivity index (χ0n) is 5.68. The van der Waals surface area contributed by atoms with E-state index in [1.165, 1.54) is 0 Å². The van der Waals surface area contributed by atoms with Crippen LogP contribution in [-0.4, -0.2) is 17.5 Å². The van der Waals surface area contributed by atoms with Gasteiger partial charge in [0.05, 0.1) is 5.92 Å². The van der Waals surface area contributed by atoms with Gasteiger partial charge in [0, 0.05) is 6.42 Å². The lowest BCUT2D eigenvalue weighted by atomic mass is 10.0. The van der Waals surface area contributed by atoms with Gasteiger partial charge in [-0.25, -0.2) is 8.78 Å². The number of carbonyl (C=O) groups is 1. The van der Waals surface area contributed by atoms with Crippen molar-refractivity contribution in [2.75, 3.05) is 0 Å². The van der Waals surface area contributed by atoms with Crippen molar-refractivity contribution in [3.05, 3.63) is 0 Å². The molecule has 0 saturated carbocycles. The third kappa shape index (κ3) is 3.37. The molecule has 4 heteroatoms. The first-order valence-electron chi connectivity index (χ1n) is 3.08. The molecule has 0 aromatic rings. The minimum absolute atomic E-state index is 0.264. The van der Waals surface area contributed by atoms with E-state index in [9.17, 15) is 13.6 Å². The Morgan fingerprint density at radius 3 is 2.20 bits per heavy atom. The van der Waals surface area contributed by atoms with Crippen LogP contribution in [-0.2, 0) is 4.79 Å². The third-order valence-corrected chi connectivity index (χ3v) is 1.30. The minimum Gasteiger partial charge on any atom is -0.481 e. The summed E-state index contributed by atoms with van der Waals surface area (Å²) in [5.41, 5.74) is 0. The molecule has 0 heterocycles. The van der Waals surface area contributed by atoms with Crippen molar-refractivity contribution in [1.29, 1.82) is 0 Å². The summed E-state index contributed by atoms with van der Waals surface area (Å²) in [6.07, 6.45) is -2.79. The third-order valence-electron chi connectivity index (χ3n) is 1.30. The Hall–Kier alpha value is -0.670. The Balaban J connectivity index is 3.72. The normalized spacial score (nSPS) is 13.6. The first-order valence-corrected chi connectivity index (χ1v) is 3.08.